The molecule has 8 aromatic carbocycles. The van der Waals surface area contributed by atoms with Crippen molar-refractivity contribution in [2.24, 2.45) is 0 Å². The maximum Gasteiger partial charge on any atom is 0.143 e. The number of benzene rings is 8. The van der Waals surface area contributed by atoms with E-state index in [0.717, 1.165) is 61.3 Å². The first-order valence-corrected chi connectivity index (χ1v) is 15.7. The van der Waals surface area contributed by atoms with Gasteiger partial charge in [0.05, 0.1) is 5.69 Å². The Morgan fingerprint density at radius 1 is 0.370 bits per heavy atom. The van der Waals surface area contributed by atoms with Crippen LogP contribution in [0.4, 0.5) is 17.1 Å². The van der Waals surface area contributed by atoms with Crippen LogP contribution in [0, 0.1) is 0 Å². The van der Waals surface area contributed by atoms with Crippen LogP contribution in [-0.2, 0) is 0 Å². The highest BCUT2D eigenvalue weighted by molar-refractivity contribution is 6.16. The number of hydrogen-bond acceptors (Lipinski definition) is 2. The Hall–Kier alpha value is -6.12. The lowest BCUT2D eigenvalue weighted by atomic mass is 9.94. The topological polar surface area (TPSA) is 16.4 Å². The molecule has 0 aliphatic heterocycles. The summed E-state index contributed by atoms with van der Waals surface area (Å²) in [5.74, 6) is 0. The fraction of sp³-hybridized carbons (Fsp3) is 0. The van der Waals surface area contributed by atoms with Gasteiger partial charge in [0.1, 0.15) is 11.2 Å². The predicted molar refractivity (Wildman–Crippen MR) is 194 cm³/mol. The van der Waals surface area contributed by atoms with Gasteiger partial charge in [0.15, 0.2) is 0 Å². The molecule has 0 N–H and O–H groups in total. The zero-order chi connectivity index (χ0) is 30.5. The second kappa shape index (κ2) is 10.8. The summed E-state index contributed by atoms with van der Waals surface area (Å²) >= 11 is 0. The molecule has 1 aromatic heterocycles. The highest BCUT2D eigenvalue weighted by atomic mass is 16.3. The van der Waals surface area contributed by atoms with Crippen molar-refractivity contribution in [3.05, 3.63) is 176 Å². The normalized spacial score (nSPS) is 11.5. The van der Waals surface area contributed by atoms with Crippen LogP contribution in [-0.4, -0.2) is 0 Å². The van der Waals surface area contributed by atoms with E-state index < -0.39 is 0 Å². The average molecular weight is 588 g/mol. The van der Waals surface area contributed by atoms with Crippen LogP contribution in [0.3, 0.4) is 0 Å². The molecule has 2 heteroatoms. The number of fused-ring (bicyclic) bond motifs is 6. The van der Waals surface area contributed by atoms with Gasteiger partial charge < -0.3 is 9.32 Å². The third kappa shape index (κ3) is 4.27. The summed E-state index contributed by atoms with van der Waals surface area (Å²) in [6.07, 6.45) is 0. The van der Waals surface area contributed by atoms with E-state index >= 15 is 0 Å². The molecule has 0 saturated heterocycles. The third-order valence-corrected chi connectivity index (χ3v) is 9.07. The highest BCUT2D eigenvalue weighted by Crippen LogP contribution is 2.44. The second-order valence-corrected chi connectivity index (χ2v) is 11.7. The van der Waals surface area contributed by atoms with E-state index in [4.69, 9.17) is 4.42 Å². The minimum absolute atomic E-state index is 0.900. The van der Waals surface area contributed by atoms with E-state index in [0.29, 0.717) is 0 Å². The van der Waals surface area contributed by atoms with E-state index in [-0.39, 0.29) is 0 Å². The van der Waals surface area contributed by atoms with Crippen molar-refractivity contribution in [2.75, 3.05) is 4.90 Å². The SMILES string of the molecule is c1ccc(-c2ccc(-c3ccc(N(c4ccccc4)c4cccc5c4ccc4ccccc45)cc3)c3c2oc2ccccc23)cc1. The van der Waals surface area contributed by atoms with Gasteiger partial charge in [-0.05, 0) is 75.3 Å². The number of para-hydroxylation sites is 2. The molecule has 0 unspecified atom stereocenters. The van der Waals surface area contributed by atoms with Gasteiger partial charge in [-0.2, -0.15) is 0 Å². The molecule has 0 amide bonds. The first-order valence-electron chi connectivity index (χ1n) is 15.7. The van der Waals surface area contributed by atoms with E-state index in [1.54, 1.807) is 0 Å². The molecule has 9 aromatic rings. The first kappa shape index (κ1) is 26.3. The van der Waals surface area contributed by atoms with Crippen molar-refractivity contribution >= 4 is 60.5 Å². The highest BCUT2D eigenvalue weighted by Gasteiger charge is 2.19. The number of anilines is 3. The molecule has 0 atom stereocenters. The Kier molecular flexibility index (Phi) is 6.17. The molecule has 46 heavy (non-hydrogen) atoms. The first-order chi connectivity index (χ1) is 22.8. The monoisotopic (exact) mass is 587 g/mol. The molecule has 0 bridgehead atoms. The number of hydrogen-bond donors (Lipinski definition) is 0. The van der Waals surface area contributed by atoms with Gasteiger partial charge in [-0.25, -0.2) is 0 Å². The van der Waals surface area contributed by atoms with Crippen molar-refractivity contribution in [3.63, 3.8) is 0 Å². The van der Waals surface area contributed by atoms with Crippen molar-refractivity contribution < 1.29 is 4.42 Å². The van der Waals surface area contributed by atoms with Crippen molar-refractivity contribution in [1.29, 1.82) is 0 Å². The number of furan rings is 1. The van der Waals surface area contributed by atoms with Crippen molar-refractivity contribution in [1.82, 2.24) is 0 Å². The van der Waals surface area contributed by atoms with E-state index in [1.807, 2.05) is 6.07 Å². The molecule has 0 spiro atoms. The molecule has 0 radical (unpaired) electrons. The van der Waals surface area contributed by atoms with Gasteiger partial charge in [0.25, 0.3) is 0 Å². The maximum absolute atomic E-state index is 6.54. The Balaban J connectivity index is 1.21. The zero-order valence-electron chi connectivity index (χ0n) is 25.1. The lowest BCUT2D eigenvalue weighted by Gasteiger charge is -2.27. The van der Waals surface area contributed by atoms with Crippen molar-refractivity contribution in [3.8, 4) is 22.3 Å². The Bertz CT molecular complexity index is 2510. The van der Waals surface area contributed by atoms with Crippen LogP contribution in [0.5, 0.6) is 0 Å². The summed E-state index contributed by atoms with van der Waals surface area (Å²) in [5, 5.41) is 7.26. The standard InChI is InChI=1S/C44H29NO/c1-3-12-30(13-4-1)37-29-28-36(43-40-18-9-10-21-42(40)46-44(37)43)32-22-25-34(26-23-32)45(33-15-5-2-6-16-33)41-20-11-19-38-35-17-8-7-14-31(35)24-27-39(38)41/h1-29H. The molecule has 0 aliphatic rings. The van der Waals surface area contributed by atoms with E-state index in [9.17, 15) is 0 Å². The molecule has 9 rings (SSSR count). The van der Waals surface area contributed by atoms with E-state index in [1.165, 1.54) is 21.5 Å². The third-order valence-electron chi connectivity index (χ3n) is 9.07. The second-order valence-electron chi connectivity index (χ2n) is 11.7. The van der Waals surface area contributed by atoms with Crippen LogP contribution in [0.25, 0.3) is 65.7 Å². The molecular formula is C44H29NO. The van der Waals surface area contributed by atoms with Crippen LogP contribution in [0.15, 0.2) is 180 Å². The molecule has 0 aliphatic carbocycles. The Labute approximate surface area is 267 Å². The molecule has 2 nitrogen and oxygen atoms in total. The molecule has 0 fully saturated rings. The summed E-state index contributed by atoms with van der Waals surface area (Å²) < 4.78 is 6.54. The average Bonchev–Trinajstić information content (AvgIpc) is 3.52. The Morgan fingerprint density at radius 2 is 1.00 bits per heavy atom. The minimum Gasteiger partial charge on any atom is -0.455 e. The largest absolute Gasteiger partial charge is 0.455 e. The maximum atomic E-state index is 6.54. The molecule has 216 valence electrons. The molecular weight excluding hydrogens is 558 g/mol. The molecule has 0 saturated carbocycles. The minimum atomic E-state index is 0.900. The van der Waals surface area contributed by atoms with Gasteiger partial charge in [0, 0.05) is 33.1 Å². The lowest BCUT2D eigenvalue weighted by Crippen LogP contribution is -2.10. The molecule has 1 heterocycles. The van der Waals surface area contributed by atoms with Crippen LogP contribution in [0.2, 0.25) is 0 Å². The smallest absolute Gasteiger partial charge is 0.143 e. The van der Waals surface area contributed by atoms with Gasteiger partial charge in [-0.1, -0.05) is 133 Å². The number of rotatable bonds is 5. The Morgan fingerprint density at radius 3 is 1.83 bits per heavy atom. The summed E-state index contributed by atoms with van der Waals surface area (Å²) in [4.78, 5) is 2.36. The van der Waals surface area contributed by atoms with Crippen LogP contribution >= 0.6 is 0 Å². The van der Waals surface area contributed by atoms with Gasteiger partial charge in [-0.3, -0.25) is 0 Å². The van der Waals surface area contributed by atoms with Crippen LogP contribution < -0.4 is 4.90 Å². The van der Waals surface area contributed by atoms with Gasteiger partial charge in [-0.15, -0.1) is 0 Å². The van der Waals surface area contributed by atoms with Crippen molar-refractivity contribution in [2.45, 2.75) is 0 Å². The number of nitrogens with zero attached hydrogens (tertiary/aromatic N) is 1. The summed E-state index contributed by atoms with van der Waals surface area (Å²) in [6.45, 7) is 0. The van der Waals surface area contributed by atoms with Gasteiger partial charge in [0.2, 0.25) is 0 Å². The summed E-state index contributed by atoms with van der Waals surface area (Å²) in [7, 11) is 0. The quantitative estimate of drug-likeness (QED) is 0.186. The summed E-state index contributed by atoms with van der Waals surface area (Å²) in [6, 6.07) is 62.6. The fourth-order valence-electron chi connectivity index (χ4n) is 6.93. The van der Waals surface area contributed by atoms with Crippen LogP contribution in [0.1, 0.15) is 0 Å². The lowest BCUT2D eigenvalue weighted by molar-refractivity contribution is 0.670. The predicted octanol–water partition coefficient (Wildman–Crippen LogP) is 12.7. The van der Waals surface area contributed by atoms with Gasteiger partial charge >= 0.3 is 0 Å². The fourth-order valence-corrected chi connectivity index (χ4v) is 6.93. The summed E-state index contributed by atoms with van der Waals surface area (Å²) in [5.41, 5.74) is 9.75. The zero-order valence-corrected chi connectivity index (χ0v) is 25.1. The van der Waals surface area contributed by atoms with E-state index in [2.05, 4.69) is 175 Å².